The Balaban J connectivity index is 2.10. The number of carbonyl (C=O) groups excluding carboxylic acids is 2. The second-order valence-electron chi connectivity index (χ2n) is 5.50. The van der Waals surface area contributed by atoms with Crippen LogP contribution in [0.1, 0.15) is 30.6 Å². The number of amides is 2. The van der Waals surface area contributed by atoms with E-state index < -0.39 is 0 Å². The summed E-state index contributed by atoms with van der Waals surface area (Å²) in [5.41, 5.74) is 0.956. The van der Waals surface area contributed by atoms with Crippen molar-refractivity contribution in [3.63, 3.8) is 0 Å². The second-order valence-corrected chi connectivity index (χ2v) is 5.91. The summed E-state index contributed by atoms with van der Waals surface area (Å²) in [6.07, 6.45) is 0.910. The molecular weight excluding hydrogens is 290 g/mol. The molecule has 6 heteroatoms. The van der Waals surface area contributed by atoms with Gasteiger partial charge in [-0.3, -0.25) is 9.59 Å². The molecular formula is C15H20ClN3O2. The summed E-state index contributed by atoms with van der Waals surface area (Å²) < 4.78 is 0. The van der Waals surface area contributed by atoms with Crippen molar-refractivity contribution >= 4 is 29.1 Å². The smallest absolute Gasteiger partial charge is 0.253 e. The first-order chi connectivity index (χ1) is 9.97. The lowest BCUT2D eigenvalue weighted by Gasteiger charge is -2.14. The van der Waals surface area contributed by atoms with Crippen molar-refractivity contribution in [1.29, 1.82) is 0 Å². The average molecular weight is 310 g/mol. The molecule has 1 aliphatic rings. The minimum atomic E-state index is -0.214. The number of hydrogen-bond acceptors (Lipinski definition) is 3. The molecule has 1 aliphatic heterocycles. The van der Waals surface area contributed by atoms with Crippen LogP contribution in [0, 0.1) is 5.92 Å². The van der Waals surface area contributed by atoms with E-state index >= 15 is 0 Å². The maximum absolute atomic E-state index is 12.3. The highest BCUT2D eigenvalue weighted by Gasteiger charge is 2.19. The van der Waals surface area contributed by atoms with Crippen molar-refractivity contribution in [1.82, 2.24) is 10.6 Å². The molecule has 2 amide bonds. The molecule has 1 saturated heterocycles. The van der Waals surface area contributed by atoms with E-state index in [2.05, 4.69) is 16.0 Å². The molecule has 0 spiro atoms. The average Bonchev–Trinajstić information content (AvgIpc) is 2.93. The fourth-order valence-electron chi connectivity index (χ4n) is 2.10. The van der Waals surface area contributed by atoms with Crippen LogP contribution in [-0.2, 0) is 4.79 Å². The normalized spacial score (nSPS) is 17.8. The van der Waals surface area contributed by atoms with Gasteiger partial charge in [0, 0.05) is 24.2 Å². The molecule has 3 N–H and O–H groups in total. The first kappa shape index (κ1) is 15.8. The SMILES string of the molecule is CC(C)C(=O)Nc1ccc(Cl)c(C(=O)NC2CCNC2)c1. The number of rotatable bonds is 4. The summed E-state index contributed by atoms with van der Waals surface area (Å²) in [6, 6.07) is 5.05. The van der Waals surface area contributed by atoms with Crippen LogP contribution in [0.25, 0.3) is 0 Å². The highest BCUT2D eigenvalue weighted by atomic mass is 35.5. The fraction of sp³-hybridized carbons (Fsp3) is 0.467. The lowest BCUT2D eigenvalue weighted by atomic mass is 10.1. The zero-order valence-corrected chi connectivity index (χ0v) is 13.0. The summed E-state index contributed by atoms with van der Waals surface area (Å²) in [5.74, 6) is -0.430. The third-order valence-electron chi connectivity index (χ3n) is 3.40. The van der Waals surface area contributed by atoms with E-state index in [1.807, 2.05) is 13.8 Å². The van der Waals surface area contributed by atoms with Gasteiger partial charge >= 0.3 is 0 Å². The van der Waals surface area contributed by atoms with Crippen LogP contribution in [0.15, 0.2) is 18.2 Å². The summed E-state index contributed by atoms with van der Waals surface area (Å²) in [7, 11) is 0. The fourth-order valence-corrected chi connectivity index (χ4v) is 2.31. The minimum absolute atomic E-state index is 0.0938. The van der Waals surface area contributed by atoms with Gasteiger partial charge in [-0.1, -0.05) is 25.4 Å². The monoisotopic (exact) mass is 309 g/mol. The van der Waals surface area contributed by atoms with Crippen molar-refractivity contribution in [3.05, 3.63) is 28.8 Å². The van der Waals surface area contributed by atoms with Gasteiger partial charge in [-0.2, -0.15) is 0 Å². The van der Waals surface area contributed by atoms with Crippen LogP contribution in [0.3, 0.4) is 0 Å². The molecule has 1 unspecified atom stereocenters. The van der Waals surface area contributed by atoms with Crippen molar-refractivity contribution in [2.75, 3.05) is 18.4 Å². The van der Waals surface area contributed by atoms with Gasteiger partial charge in [0.05, 0.1) is 10.6 Å². The molecule has 0 bridgehead atoms. The third-order valence-corrected chi connectivity index (χ3v) is 3.73. The van der Waals surface area contributed by atoms with Crippen LogP contribution >= 0.6 is 11.6 Å². The Morgan fingerprint density at radius 1 is 1.38 bits per heavy atom. The van der Waals surface area contributed by atoms with Gasteiger partial charge in [-0.25, -0.2) is 0 Å². The molecule has 1 aromatic rings. The van der Waals surface area contributed by atoms with Gasteiger partial charge in [0.1, 0.15) is 0 Å². The van der Waals surface area contributed by atoms with Gasteiger partial charge < -0.3 is 16.0 Å². The number of hydrogen-bond donors (Lipinski definition) is 3. The van der Waals surface area contributed by atoms with E-state index in [9.17, 15) is 9.59 Å². The largest absolute Gasteiger partial charge is 0.348 e. The van der Waals surface area contributed by atoms with Gasteiger partial charge in [-0.05, 0) is 31.2 Å². The summed E-state index contributed by atoms with van der Waals surface area (Å²) in [6.45, 7) is 5.30. The Kier molecular flexibility index (Phi) is 5.20. The molecule has 1 atom stereocenters. The van der Waals surface area contributed by atoms with Crippen LogP contribution in [0.4, 0.5) is 5.69 Å². The van der Waals surface area contributed by atoms with Gasteiger partial charge in [-0.15, -0.1) is 0 Å². The first-order valence-corrected chi connectivity index (χ1v) is 7.47. The highest BCUT2D eigenvalue weighted by molar-refractivity contribution is 6.34. The molecule has 0 saturated carbocycles. The number of anilines is 1. The number of nitrogens with one attached hydrogen (secondary N) is 3. The summed E-state index contributed by atoms with van der Waals surface area (Å²) in [5, 5.41) is 9.27. The molecule has 0 aromatic heterocycles. The Hall–Kier alpha value is -1.59. The van der Waals surface area contributed by atoms with E-state index in [4.69, 9.17) is 11.6 Å². The molecule has 1 heterocycles. The third kappa shape index (κ3) is 4.19. The zero-order chi connectivity index (χ0) is 15.4. The standard InChI is InChI=1S/C15H20ClN3O2/c1-9(2)14(20)18-10-3-4-13(16)12(7-10)15(21)19-11-5-6-17-8-11/h3-4,7,9,11,17H,5-6,8H2,1-2H3,(H,18,20)(H,19,21). The zero-order valence-electron chi connectivity index (χ0n) is 12.2. The summed E-state index contributed by atoms with van der Waals surface area (Å²) >= 11 is 6.09. The van der Waals surface area contributed by atoms with E-state index in [-0.39, 0.29) is 23.8 Å². The molecule has 2 rings (SSSR count). The number of halogens is 1. The maximum Gasteiger partial charge on any atom is 0.253 e. The Bertz CT molecular complexity index is 540. The Labute approximate surface area is 129 Å². The number of carbonyl (C=O) groups is 2. The van der Waals surface area contributed by atoms with E-state index in [1.165, 1.54) is 0 Å². The van der Waals surface area contributed by atoms with Crippen LogP contribution in [0.5, 0.6) is 0 Å². The second kappa shape index (κ2) is 6.91. The van der Waals surface area contributed by atoms with Gasteiger partial charge in [0.25, 0.3) is 5.91 Å². The van der Waals surface area contributed by atoms with E-state index in [1.54, 1.807) is 18.2 Å². The van der Waals surface area contributed by atoms with Crippen molar-refractivity contribution < 1.29 is 9.59 Å². The topological polar surface area (TPSA) is 70.2 Å². The molecule has 1 aromatic carbocycles. The molecule has 5 nitrogen and oxygen atoms in total. The van der Waals surface area contributed by atoms with Crippen LogP contribution in [0.2, 0.25) is 5.02 Å². The molecule has 1 fully saturated rings. The predicted molar refractivity (Wildman–Crippen MR) is 83.7 cm³/mol. The molecule has 0 radical (unpaired) electrons. The minimum Gasteiger partial charge on any atom is -0.348 e. The first-order valence-electron chi connectivity index (χ1n) is 7.09. The molecule has 114 valence electrons. The van der Waals surface area contributed by atoms with E-state index in [0.29, 0.717) is 16.3 Å². The van der Waals surface area contributed by atoms with E-state index in [0.717, 1.165) is 19.5 Å². The highest BCUT2D eigenvalue weighted by Crippen LogP contribution is 2.21. The predicted octanol–water partition coefficient (Wildman–Crippen LogP) is 2.03. The Morgan fingerprint density at radius 2 is 2.14 bits per heavy atom. The quantitative estimate of drug-likeness (QED) is 0.797. The maximum atomic E-state index is 12.3. The molecule has 0 aliphatic carbocycles. The number of benzene rings is 1. The summed E-state index contributed by atoms with van der Waals surface area (Å²) in [4.78, 5) is 24.0. The molecule has 21 heavy (non-hydrogen) atoms. The van der Waals surface area contributed by atoms with Crippen molar-refractivity contribution in [2.24, 2.45) is 5.92 Å². The lowest BCUT2D eigenvalue weighted by Crippen LogP contribution is -2.36. The van der Waals surface area contributed by atoms with Gasteiger partial charge in [0.2, 0.25) is 5.91 Å². The Morgan fingerprint density at radius 3 is 2.76 bits per heavy atom. The van der Waals surface area contributed by atoms with Gasteiger partial charge in [0.15, 0.2) is 0 Å². The lowest BCUT2D eigenvalue weighted by molar-refractivity contribution is -0.118. The van der Waals surface area contributed by atoms with Crippen molar-refractivity contribution in [2.45, 2.75) is 26.3 Å². The van der Waals surface area contributed by atoms with Crippen molar-refractivity contribution in [3.8, 4) is 0 Å². The van der Waals surface area contributed by atoms with Crippen LogP contribution < -0.4 is 16.0 Å². The van der Waals surface area contributed by atoms with Crippen LogP contribution in [-0.4, -0.2) is 30.9 Å².